The second kappa shape index (κ2) is 3.76. The van der Waals surface area contributed by atoms with Crippen LogP contribution in [0.1, 0.15) is 4.88 Å². The van der Waals surface area contributed by atoms with Crippen molar-refractivity contribution in [3.8, 4) is 11.1 Å². The van der Waals surface area contributed by atoms with E-state index in [1.165, 1.54) is 26.1 Å². The lowest BCUT2D eigenvalue weighted by molar-refractivity contribution is 1.64. The van der Waals surface area contributed by atoms with Gasteiger partial charge >= 0.3 is 0 Å². The van der Waals surface area contributed by atoms with Gasteiger partial charge in [0.05, 0.1) is 0 Å². The molecule has 0 saturated carbocycles. The number of fused-ring (bicyclic) bond motifs is 1. The van der Waals surface area contributed by atoms with Gasteiger partial charge in [-0.25, -0.2) is 0 Å². The Morgan fingerprint density at radius 3 is 2.44 bits per heavy atom. The molecule has 0 fully saturated rings. The zero-order valence-electron chi connectivity index (χ0n) is 9.10. The summed E-state index contributed by atoms with van der Waals surface area (Å²) in [5.74, 6) is 0. The van der Waals surface area contributed by atoms with E-state index in [4.69, 9.17) is 0 Å². The zero-order valence-corrected chi connectivity index (χ0v) is 9.92. The van der Waals surface area contributed by atoms with Crippen molar-refractivity contribution in [1.29, 1.82) is 0 Å². The van der Waals surface area contributed by atoms with E-state index in [1.807, 2.05) is 11.3 Å². The molecule has 78 valence electrons. The molecule has 0 aliphatic rings. The highest BCUT2D eigenvalue weighted by molar-refractivity contribution is 7.19. The highest BCUT2D eigenvalue weighted by Crippen LogP contribution is 2.29. The molecule has 2 aromatic carbocycles. The Morgan fingerprint density at radius 1 is 0.812 bits per heavy atom. The van der Waals surface area contributed by atoms with Crippen LogP contribution in [0.4, 0.5) is 0 Å². The summed E-state index contributed by atoms with van der Waals surface area (Å²) < 4.78 is 1.37. The van der Waals surface area contributed by atoms with Gasteiger partial charge in [0.1, 0.15) is 0 Å². The topological polar surface area (TPSA) is 0 Å². The molecule has 3 aromatic rings. The second-order valence-corrected chi connectivity index (χ2v) is 5.26. The van der Waals surface area contributed by atoms with E-state index in [-0.39, 0.29) is 0 Å². The summed E-state index contributed by atoms with van der Waals surface area (Å²) in [7, 11) is 0. The zero-order chi connectivity index (χ0) is 11.0. The summed E-state index contributed by atoms with van der Waals surface area (Å²) in [5, 5.41) is 1.35. The highest BCUT2D eigenvalue weighted by Gasteiger charge is 2.01. The van der Waals surface area contributed by atoms with Gasteiger partial charge in [-0.3, -0.25) is 0 Å². The van der Waals surface area contributed by atoms with E-state index in [2.05, 4.69) is 61.5 Å². The molecule has 0 saturated heterocycles. The minimum Gasteiger partial charge on any atom is -0.141 e. The third-order valence-electron chi connectivity index (χ3n) is 2.75. The maximum atomic E-state index is 2.28. The molecule has 0 nitrogen and oxygen atoms in total. The van der Waals surface area contributed by atoms with Crippen molar-refractivity contribution in [2.45, 2.75) is 6.92 Å². The first kappa shape index (κ1) is 9.61. The quantitative estimate of drug-likeness (QED) is 0.553. The Balaban J connectivity index is 2.18. The Kier molecular flexibility index (Phi) is 2.26. The maximum Gasteiger partial charge on any atom is 0.0351 e. The lowest BCUT2D eigenvalue weighted by Gasteiger charge is -2.00. The van der Waals surface area contributed by atoms with Crippen molar-refractivity contribution in [3.05, 3.63) is 59.5 Å². The molecule has 0 unspecified atom stereocenters. The van der Waals surface area contributed by atoms with Gasteiger partial charge in [0.15, 0.2) is 0 Å². The van der Waals surface area contributed by atoms with Crippen LogP contribution < -0.4 is 0 Å². The number of hydrogen-bond acceptors (Lipinski definition) is 1. The molecule has 16 heavy (non-hydrogen) atoms. The highest BCUT2D eigenvalue weighted by atomic mass is 32.1. The average Bonchev–Trinajstić information content (AvgIpc) is 2.69. The summed E-state index contributed by atoms with van der Waals surface area (Å²) in [5.41, 5.74) is 2.59. The Morgan fingerprint density at radius 2 is 1.62 bits per heavy atom. The van der Waals surface area contributed by atoms with Crippen LogP contribution in [0.15, 0.2) is 54.6 Å². The standard InChI is InChI=1S/C15H12S/c1-11-9-14-8-7-13(10-15(14)16-11)12-5-3-2-4-6-12/h2-10H,1H3. The van der Waals surface area contributed by atoms with Gasteiger partial charge in [-0.1, -0.05) is 42.5 Å². The van der Waals surface area contributed by atoms with Gasteiger partial charge in [0.25, 0.3) is 0 Å². The number of benzene rings is 2. The molecular formula is C15H12S. The maximum absolute atomic E-state index is 2.28. The van der Waals surface area contributed by atoms with Gasteiger partial charge in [-0.2, -0.15) is 0 Å². The molecule has 3 rings (SSSR count). The number of aryl methyl sites for hydroxylation is 1. The third kappa shape index (κ3) is 1.63. The van der Waals surface area contributed by atoms with Crippen molar-refractivity contribution in [1.82, 2.24) is 0 Å². The van der Waals surface area contributed by atoms with Crippen LogP contribution in [-0.2, 0) is 0 Å². The van der Waals surface area contributed by atoms with E-state index in [0.717, 1.165) is 0 Å². The predicted molar refractivity (Wildman–Crippen MR) is 72.0 cm³/mol. The molecule has 0 aliphatic heterocycles. The predicted octanol–water partition coefficient (Wildman–Crippen LogP) is 4.88. The molecular weight excluding hydrogens is 212 g/mol. The van der Waals surface area contributed by atoms with Crippen LogP contribution in [0.2, 0.25) is 0 Å². The van der Waals surface area contributed by atoms with Crippen LogP contribution >= 0.6 is 11.3 Å². The smallest absolute Gasteiger partial charge is 0.0351 e. The van der Waals surface area contributed by atoms with Crippen LogP contribution in [-0.4, -0.2) is 0 Å². The van der Waals surface area contributed by atoms with Gasteiger partial charge in [-0.15, -0.1) is 11.3 Å². The van der Waals surface area contributed by atoms with Gasteiger partial charge in [-0.05, 0) is 35.6 Å². The summed E-state index contributed by atoms with van der Waals surface area (Å²) in [6.07, 6.45) is 0. The second-order valence-electron chi connectivity index (χ2n) is 3.98. The van der Waals surface area contributed by atoms with Crippen LogP contribution in [0.3, 0.4) is 0 Å². The fourth-order valence-corrected chi connectivity index (χ4v) is 2.94. The fourth-order valence-electron chi connectivity index (χ4n) is 1.97. The first-order valence-corrected chi connectivity index (χ1v) is 6.20. The van der Waals surface area contributed by atoms with Gasteiger partial charge in [0, 0.05) is 9.58 Å². The van der Waals surface area contributed by atoms with Crippen molar-refractivity contribution < 1.29 is 0 Å². The van der Waals surface area contributed by atoms with Crippen molar-refractivity contribution in [2.75, 3.05) is 0 Å². The summed E-state index contributed by atoms with van der Waals surface area (Å²) in [4.78, 5) is 1.38. The lowest BCUT2D eigenvalue weighted by Crippen LogP contribution is -1.75. The van der Waals surface area contributed by atoms with Crippen molar-refractivity contribution in [2.24, 2.45) is 0 Å². The molecule has 0 atom stereocenters. The van der Waals surface area contributed by atoms with E-state index in [0.29, 0.717) is 0 Å². The average molecular weight is 224 g/mol. The number of hydrogen-bond donors (Lipinski definition) is 0. The normalized spacial score (nSPS) is 10.8. The Labute approximate surface area is 99.2 Å². The summed E-state index contributed by atoms with van der Waals surface area (Å²) >= 11 is 1.86. The molecule has 1 aromatic heterocycles. The fraction of sp³-hybridized carbons (Fsp3) is 0.0667. The molecule has 0 bridgehead atoms. The van der Waals surface area contributed by atoms with E-state index >= 15 is 0 Å². The Bertz CT molecular complexity index is 620. The van der Waals surface area contributed by atoms with E-state index in [1.54, 1.807) is 0 Å². The molecule has 0 aliphatic carbocycles. The summed E-state index contributed by atoms with van der Waals surface area (Å²) in [6.45, 7) is 2.16. The minimum atomic E-state index is 1.29. The number of thiophene rings is 1. The number of rotatable bonds is 1. The van der Waals surface area contributed by atoms with Crippen LogP contribution in [0.5, 0.6) is 0 Å². The molecule has 0 amide bonds. The molecule has 0 spiro atoms. The molecule has 1 heteroatoms. The molecule has 1 heterocycles. The van der Waals surface area contributed by atoms with Gasteiger partial charge in [0.2, 0.25) is 0 Å². The Hall–Kier alpha value is -1.60. The first-order valence-electron chi connectivity index (χ1n) is 5.38. The van der Waals surface area contributed by atoms with E-state index < -0.39 is 0 Å². The lowest BCUT2D eigenvalue weighted by atomic mass is 10.1. The minimum absolute atomic E-state index is 1.29. The van der Waals surface area contributed by atoms with Gasteiger partial charge < -0.3 is 0 Å². The largest absolute Gasteiger partial charge is 0.141 e. The third-order valence-corrected chi connectivity index (χ3v) is 3.76. The summed E-state index contributed by atoms with van der Waals surface area (Å²) in [6, 6.07) is 19.5. The SMILES string of the molecule is Cc1cc2ccc(-c3ccccc3)cc2s1. The monoisotopic (exact) mass is 224 g/mol. The first-order chi connectivity index (χ1) is 7.83. The van der Waals surface area contributed by atoms with Crippen molar-refractivity contribution in [3.63, 3.8) is 0 Å². The molecule has 0 radical (unpaired) electrons. The van der Waals surface area contributed by atoms with Crippen LogP contribution in [0.25, 0.3) is 21.2 Å². The van der Waals surface area contributed by atoms with Crippen LogP contribution in [0, 0.1) is 6.92 Å². The van der Waals surface area contributed by atoms with E-state index in [9.17, 15) is 0 Å². The van der Waals surface area contributed by atoms with Crippen molar-refractivity contribution >= 4 is 21.4 Å². The molecule has 0 N–H and O–H groups in total.